The van der Waals surface area contributed by atoms with Crippen molar-refractivity contribution < 1.29 is 4.79 Å². The first-order valence-electron chi connectivity index (χ1n) is 4.98. The first-order chi connectivity index (χ1) is 5.68. The normalized spacial score (nSPS) is 27.2. The zero-order chi connectivity index (χ0) is 9.19. The van der Waals surface area contributed by atoms with E-state index in [1.807, 2.05) is 0 Å². The molecule has 1 saturated heterocycles. The van der Waals surface area contributed by atoms with E-state index in [2.05, 4.69) is 26.1 Å². The van der Waals surface area contributed by atoms with Crippen LogP contribution in [0.25, 0.3) is 0 Å². The summed E-state index contributed by atoms with van der Waals surface area (Å²) in [4.78, 5) is 11.2. The SMILES string of the molecule is CCC1NC(=O)CC1(CC)CC. The summed E-state index contributed by atoms with van der Waals surface area (Å²) < 4.78 is 0. The highest BCUT2D eigenvalue weighted by Crippen LogP contribution is 2.39. The van der Waals surface area contributed by atoms with Gasteiger partial charge in [0.2, 0.25) is 5.91 Å². The number of hydrogen-bond acceptors (Lipinski definition) is 1. The molecule has 1 atom stereocenters. The third kappa shape index (κ3) is 1.35. The van der Waals surface area contributed by atoms with Crippen LogP contribution in [0.1, 0.15) is 46.5 Å². The van der Waals surface area contributed by atoms with E-state index >= 15 is 0 Å². The van der Waals surface area contributed by atoms with Gasteiger partial charge in [-0.15, -0.1) is 0 Å². The van der Waals surface area contributed by atoms with Crippen molar-refractivity contribution in [2.24, 2.45) is 5.41 Å². The van der Waals surface area contributed by atoms with E-state index in [1.54, 1.807) is 0 Å². The highest BCUT2D eigenvalue weighted by Gasteiger charge is 2.42. The highest BCUT2D eigenvalue weighted by molar-refractivity contribution is 5.79. The largest absolute Gasteiger partial charge is 0.353 e. The van der Waals surface area contributed by atoms with Gasteiger partial charge in [-0.3, -0.25) is 4.79 Å². The Labute approximate surface area is 74.7 Å². The Morgan fingerprint density at radius 1 is 1.42 bits per heavy atom. The van der Waals surface area contributed by atoms with Gasteiger partial charge in [-0.05, 0) is 24.7 Å². The average molecular weight is 169 g/mol. The van der Waals surface area contributed by atoms with Crippen LogP contribution in [0.5, 0.6) is 0 Å². The van der Waals surface area contributed by atoms with Crippen molar-refractivity contribution in [3.05, 3.63) is 0 Å². The number of carbonyl (C=O) groups excluding carboxylic acids is 1. The molecule has 0 radical (unpaired) electrons. The van der Waals surface area contributed by atoms with Crippen LogP contribution in [0, 0.1) is 5.41 Å². The minimum Gasteiger partial charge on any atom is -0.353 e. The fourth-order valence-corrected chi connectivity index (χ4v) is 2.37. The summed E-state index contributed by atoms with van der Waals surface area (Å²) in [5.74, 6) is 0.241. The van der Waals surface area contributed by atoms with Gasteiger partial charge in [-0.25, -0.2) is 0 Å². The summed E-state index contributed by atoms with van der Waals surface area (Å²) in [5, 5.41) is 3.06. The summed E-state index contributed by atoms with van der Waals surface area (Å²) in [7, 11) is 0. The maximum absolute atomic E-state index is 11.2. The number of rotatable bonds is 3. The van der Waals surface area contributed by atoms with Gasteiger partial charge in [-0.2, -0.15) is 0 Å². The molecule has 0 aromatic heterocycles. The Balaban J connectivity index is 2.78. The topological polar surface area (TPSA) is 29.1 Å². The minimum absolute atomic E-state index is 0.241. The molecule has 2 heteroatoms. The molecule has 1 fully saturated rings. The Kier molecular flexibility index (Phi) is 2.76. The fraction of sp³-hybridized carbons (Fsp3) is 0.900. The highest BCUT2D eigenvalue weighted by atomic mass is 16.2. The lowest BCUT2D eigenvalue weighted by atomic mass is 9.75. The number of amides is 1. The van der Waals surface area contributed by atoms with E-state index in [9.17, 15) is 4.79 Å². The van der Waals surface area contributed by atoms with Crippen LogP contribution in [0.4, 0.5) is 0 Å². The molecule has 1 unspecified atom stereocenters. The molecule has 12 heavy (non-hydrogen) atoms. The first kappa shape index (κ1) is 9.56. The molecule has 1 amide bonds. The summed E-state index contributed by atoms with van der Waals surface area (Å²) in [6.45, 7) is 6.52. The summed E-state index contributed by atoms with van der Waals surface area (Å²) in [6, 6.07) is 0.417. The molecule has 1 aliphatic rings. The van der Waals surface area contributed by atoms with E-state index < -0.39 is 0 Å². The zero-order valence-electron chi connectivity index (χ0n) is 8.31. The summed E-state index contributed by atoms with van der Waals surface area (Å²) in [6.07, 6.45) is 4.02. The second kappa shape index (κ2) is 3.46. The van der Waals surface area contributed by atoms with Crippen molar-refractivity contribution in [3.63, 3.8) is 0 Å². The molecule has 1 heterocycles. The third-order valence-corrected chi connectivity index (χ3v) is 3.40. The van der Waals surface area contributed by atoms with Gasteiger partial charge < -0.3 is 5.32 Å². The Bertz CT molecular complexity index is 173. The van der Waals surface area contributed by atoms with Gasteiger partial charge in [0.05, 0.1) is 0 Å². The van der Waals surface area contributed by atoms with E-state index in [4.69, 9.17) is 0 Å². The van der Waals surface area contributed by atoms with Gasteiger partial charge in [0.25, 0.3) is 0 Å². The molecular formula is C10H19NO. The van der Waals surface area contributed by atoms with Crippen LogP contribution in [0.15, 0.2) is 0 Å². The molecular weight excluding hydrogens is 150 g/mol. The van der Waals surface area contributed by atoms with Crippen LogP contribution < -0.4 is 5.32 Å². The van der Waals surface area contributed by atoms with Crippen LogP contribution in [0.2, 0.25) is 0 Å². The Morgan fingerprint density at radius 3 is 2.33 bits per heavy atom. The third-order valence-electron chi connectivity index (χ3n) is 3.40. The van der Waals surface area contributed by atoms with Crippen LogP contribution in [0.3, 0.4) is 0 Å². The average Bonchev–Trinajstić information content (AvgIpc) is 2.42. The van der Waals surface area contributed by atoms with E-state index in [-0.39, 0.29) is 11.3 Å². The van der Waals surface area contributed by atoms with Gasteiger partial charge in [-0.1, -0.05) is 20.8 Å². The predicted octanol–water partition coefficient (Wildman–Crippen LogP) is 2.09. The zero-order valence-corrected chi connectivity index (χ0v) is 8.31. The van der Waals surface area contributed by atoms with Gasteiger partial charge >= 0.3 is 0 Å². The standard InChI is InChI=1S/C10H19NO/c1-4-8-10(5-2,6-3)7-9(12)11-8/h8H,4-7H2,1-3H3,(H,11,12). The monoisotopic (exact) mass is 169 g/mol. The Morgan fingerprint density at radius 2 is 2.00 bits per heavy atom. The molecule has 1 N–H and O–H groups in total. The maximum atomic E-state index is 11.2. The lowest BCUT2D eigenvalue weighted by molar-refractivity contribution is -0.119. The molecule has 2 nitrogen and oxygen atoms in total. The molecule has 0 spiro atoms. The van der Waals surface area contributed by atoms with Crippen molar-refractivity contribution in [3.8, 4) is 0 Å². The molecule has 0 saturated carbocycles. The number of carbonyl (C=O) groups is 1. The quantitative estimate of drug-likeness (QED) is 0.688. The van der Waals surface area contributed by atoms with E-state index in [0.29, 0.717) is 6.04 Å². The molecule has 0 bridgehead atoms. The van der Waals surface area contributed by atoms with Gasteiger partial charge in [0.1, 0.15) is 0 Å². The lowest BCUT2D eigenvalue weighted by Gasteiger charge is -2.31. The molecule has 0 aliphatic carbocycles. The second-order valence-electron chi connectivity index (χ2n) is 3.77. The van der Waals surface area contributed by atoms with Crippen LogP contribution in [-0.2, 0) is 4.79 Å². The van der Waals surface area contributed by atoms with Crippen molar-refractivity contribution in [1.82, 2.24) is 5.32 Å². The summed E-state index contributed by atoms with van der Waals surface area (Å²) >= 11 is 0. The molecule has 0 aromatic carbocycles. The summed E-state index contributed by atoms with van der Waals surface area (Å²) in [5.41, 5.74) is 0.256. The maximum Gasteiger partial charge on any atom is 0.220 e. The predicted molar refractivity (Wildman–Crippen MR) is 49.9 cm³/mol. The first-order valence-corrected chi connectivity index (χ1v) is 4.98. The number of nitrogens with one attached hydrogen (secondary N) is 1. The fourth-order valence-electron chi connectivity index (χ4n) is 2.37. The molecule has 1 aliphatic heterocycles. The van der Waals surface area contributed by atoms with E-state index in [0.717, 1.165) is 25.7 Å². The van der Waals surface area contributed by atoms with Crippen LogP contribution in [-0.4, -0.2) is 11.9 Å². The second-order valence-corrected chi connectivity index (χ2v) is 3.77. The van der Waals surface area contributed by atoms with Gasteiger partial charge in [0, 0.05) is 12.5 Å². The minimum atomic E-state index is 0.241. The molecule has 70 valence electrons. The lowest BCUT2D eigenvalue weighted by Crippen LogP contribution is -2.35. The van der Waals surface area contributed by atoms with Crippen molar-refractivity contribution in [2.45, 2.75) is 52.5 Å². The van der Waals surface area contributed by atoms with Crippen molar-refractivity contribution in [2.75, 3.05) is 0 Å². The number of hydrogen-bond donors (Lipinski definition) is 1. The molecule has 1 rings (SSSR count). The van der Waals surface area contributed by atoms with Gasteiger partial charge in [0.15, 0.2) is 0 Å². The Hall–Kier alpha value is -0.530. The smallest absolute Gasteiger partial charge is 0.220 e. The van der Waals surface area contributed by atoms with E-state index in [1.165, 1.54) is 0 Å². The van der Waals surface area contributed by atoms with Crippen LogP contribution >= 0.6 is 0 Å². The van der Waals surface area contributed by atoms with Crippen molar-refractivity contribution >= 4 is 5.91 Å². The van der Waals surface area contributed by atoms with Crippen molar-refractivity contribution in [1.29, 1.82) is 0 Å². The molecule has 0 aromatic rings.